The fourth-order valence-electron chi connectivity index (χ4n) is 9.44. The first kappa shape index (κ1) is 68.0. The molecule has 1 saturated heterocycles. The maximum atomic E-state index is 13.6. The van der Waals surface area contributed by atoms with E-state index in [1.165, 1.54) is 0 Å². The third-order valence-corrected chi connectivity index (χ3v) is 14.8. The summed E-state index contributed by atoms with van der Waals surface area (Å²) in [5, 5.41) is 123. The second-order valence-electron chi connectivity index (χ2n) is 21.6. The number of unbranched alkanes of at least 4 members (excludes halogenated alkanes) is 2. The fraction of sp³-hybridized carbons (Fsp3) is 0.750. The molecule has 0 saturated carbocycles. The van der Waals surface area contributed by atoms with E-state index in [0.717, 1.165) is 32.1 Å². The molecule has 18 atom stereocenters. The zero-order valence-corrected chi connectivity index (χ0v) is 46.1. The molecular formula is C56H95N3O17. The molecule has 20 nitrogen and oxygen atoms in total. The van der Waals surface area contributed by atoms with E-state index in [-0.39, 0.29) is 63.2 Å². The molecule has 0 amide bonds. The SMILES string of the molecule is CN=C(N)NCCCC=CCCCC(C)C1OC(=O)C(C)=CC=CC(C)C(O)CC(O)C(C)C(O)CCC(C)C(O)CC2(O)OC(CC(O)CC(OC(=O)CC(=O)O)CC(O)CC(O)C(C)=CC=CC1C)CC(O)C2O. The Labute approximate surface area is 450 Å². The summed E-state index contributed by atoms with van der Waals surface area (Å²) in [5.41, 5.74) is 6.46. The number of ether oxygens (including phenoxy) is 3. The molecule has 2 heterocycles. The van der Waals surface area contributed by atoms with Crippen LogP contribution in [0.3, 0.4) is 0 Å². The van der Waals surface area contributed by atoms with Crippen molar-refractivity contribution in [3.63, 3.8) is 0 Å². The molecule has 2 aliphatic rings. The Bertz CT molecular complexity index is 1930. The number of aliphatic hydroxyl groups excluding tert-OH is 9. The van der Waals surface area contributed by atoms with Crippen LogP contribution in [-0.4, -0.2) is 173 Å². The number of nitrogens with zero attached hydrogens (tertiary/aromatic N) is 1. The van der Waals surface area contributed by atoms with E-state index in [1.54, 1.807) is 72.0 Å². The number of cyclic esters (lactones) is 1. The third-order valence-electron chi connectivity index (χ3n) is 14.8. The van der Waals surface area contributed by atoms with Crippen LogP contribution in [0.25, 0.3) is 0 Å². The number of carboxylic acids is 1. The summed E-state index contributed by atoms with van der Waals surface area (Å²) < 4.78 is 17.4. The lowest BCUT2D eigenvalue weighted by Gasteiger charge is -2.45. The van der Waals surface area contributed by atoms with Gasteiger partial charge in [0.2, 0.25) is 0 Å². The van der Waals surface area contributed by atoms with Gasteiger partial charge in [-0.05, 0) is 82.6 Å². The number of aliphatic imine (C=N–C) groups is 1. The minimum absolute atomic E-state index is 0.0676. The van der Waals surface area contributed by atoms with Crippen molar-refractivity contribution in [2.45, 2.75) is 224 Å². The number of guanidine groups is 1. The van der Waals surface area contributed by atoms with Gasteiger partial charge >= 0.3 is 17.9 Å². The lowest BCUT2D eigenvalue weighted by atomic mass is 9.84. The van der Waals surface area contributed by atoms with Crippen molar-refractivity contribution in [2.24, 2.45) is 40.3 Å². The molecule has 0 radical (unpaired) electrons. The molecule has 20 heteroatoms. The maximum Gasteiger partial charge on any atom is 0.334 e. The number of aliphatic carboxylic acids is 1. The molecule has 2 aliphatic heterocycles. The number of hydrogen-bond acceptors (Lipinski definition) is 17. The average Bonchev–Trinajstić information content (AvgIpc) is 3.34. The molecule has 0 aliphatic carbocycles. The second-order valence-corrected chi connectivity index (χ2v) is 21.6. The van der Waals surface area contributed by atoms with Gasteiger partial charge in [-0.25, -0.2) is 4.79 Å². The molecule has 2 bridgehead atoms. The topological polar surface area (TPSA) is 352 Å². The molecule has 0 aromatic rings. The predicted molar refractivity (Wildman–Crippen MR) is 287 cm³/mol. The van der Waals surface area contributed by atoms with Crippen LogP contribution in [0.4, 0.5) is 0 Å². The lowest BCUT2D eigenvalue weighted by Crippen LogP contribution is -2.59. The molecule has 436 valence electrons. The molecule has 18 unspecified atom stereocenters. The number of fused-ring (bicyclic) bond motifs is 2. The third kappa shape index (κ3) is 25.2. The summed E-state index contributed by atoms with van der Waals surface area (Å²) in [6.07, 6.45) is 1.11. The second kappa shape index (κ2) is 34.7. The van der Waals surface area contributed by atoms with Crippen molar-refractivity contribution >= 4 is 23.9 Å². The van der Waals surface area contributed by atoms with Crippen molar-refractivity contribution < 1.29 is 84.8 Å². The minimum atomic E-state index is -2.48. The van der Waals surface area contributed by atoms with Crippen molar-refractivity contribution in [2.75, 3.05) is 13.6 Å². The number of nitrogens with two attached hydrogens (primary N) is 1. The first-order chi connectivity index (χ1) is 35.7. The van der Waals surface area contributed by atoms with Gasteiger partial charge in [0.1, 0.15) is 24.7 Å². The minimum Gasteiger partial charge on any atom is -0.481 e. The van der Waals surface area contributed by atoms with Crippen molar-refractivity contribution in [3.8, 4) is 0 Å². The molecule has 0 aromatic heterocycles. The first-order valence-electron chi connectivity index (χ1n) is 27.1. The van der Waals surface area contributed by atoms with Crippen molar-refractivity contribution in [3.05, 3.63) is 59.8 Å². The van der Waals surface area contributed by atoms with Gasteiger partial charge in [0.25, 0.3) is 0 Å². The average molecular weight is 1080 g/mol. The zero-order chi connectivity index (χ0) is 57.3. The van der Waals surface area contributed by atoms with Gasteiger partial charge < -0.3 is 81.4 Å². The number of carbonyl (C=O) groups is 3. The largest absolute Gasteiger partial charge is 0.481 e. The van der Waals surface area contributed by atoms with Crippen LogP contribution < -0.4 is 11.1 Å². The van der Waals surface area contributed by atoms with Crippen LogP contribution >= 0.6 is 0 Å². The number of carboxylic acid groups (broad SMARTS) is 1. The number of nitrogens with one attached hydrogen (secondary N) is 1. The van der Waals surface area contributed by atoms with Crippen LogP contribution in [0.1, 0.15) is 145 Å². The summed E-state index contributed by atoms with van der Waals surface area (Å²) in [5.74, 6) is -7.34. The Morgan fingerprint density at radius 3 is 2.08 bits per heavy atom. The molecule has 2 rings (SSSR count). The van der Waals surface area contributed by atoms with E-state index in [0.29, 0.717) is 23.7 Å². The molecule has 14 N–H and O–H groups in total. The van der Waals surface area contributed by atoms with Crippen LogP contribution in [-0.2, 0) is 28.6 Å². The maximum absolute atomic E-state index is 13.6. The van der Waals surface area contributed by atoms with E-state index >= 15 is 0 Å². The fourth-order valence-corrected chi connectivity index (χ4v) is 9.44. The van der Waals surface area contributed by atoms with E-state index in [1.807, 2.05) is 19.9 Å². The van der Waals surface area contributed by atoms with Gasteiger partial charge in [-0.2, -0.15) is 0 Å². The standard InChI is InChI=1S/C56H95N3O17/c1-33-18-15-20-37(5)52(36(4)17-13-11-9-10-12-14-24-59-55(57)58-8)75-54(72)38(6)21-16-19-34(2)46(64)30-47(65)39(7)44(62)23-22-35(3)49(67)32-56(73)53(71)48(66)29-43(76-56)27-40(60)25-42(26-41(61)28-45(33)63)74-51(70)31-50(68)69/h9-10,15-16,18-21,34-37,39-49,52-53,60-67,71,73H,11-14,17,22-32H2,1-8H3,(H,68,69)(H3,57,58,59). The summed E-state index contributed by atoms with van der Waals surface area (Å²) >= 11 is 0. The van der Waals surface area contributed by atoms with Gasteiger partial charge in [0, 0.05) is 75.4 Å². The predicted octanol–water partition coefficient (Wildman–Crippen LogP) is 3.37. The Balaban J connectivity index is 2.45. The first-order valence-corrected chi connectivity index (χ1v) is 27.1. The Morgan fingerprint density at radius 1 is 0.816 bits per heavy atom. The number of aliphatic hydroxyl groups is 10. The van der Waals surface area contributed by atoms with E-state index in [4.69, 9.17) is 19.9 Å². The number of allylic oxidation sites excluding steroid dienone is 6. The van der Waals surface area contributed by atoms with Gasteiger partial charge in [-0.1, -0.05) is 83.2 Å². The highest BCUT2D eigenvalue weighted by molar-refractivity contribution is 5.90. The quantitative estimate of drug-likeness (QED) is 0.0333. The lowest BCUT2D eigenvalue weighted by molar-refractivity contribution is -0.333. The molecular weight excluding hydrogens is 987 g/mol. The summed E-state index contributed by atoms with van der Waals surface area (Å²) in [4.78, 5) is 41.4. The zero-order valence-electron chi connectivity index (χ0n) is 46.1. The molecule has 0 aromatic carbocycles. The normalized spacial score (nSPS) is 35.8. The Morgan fingerprint density at radius 2 is 1.43 bits per heavy atom. The van der Waals surface area contributed by atoms with E-state index < -0.39 is 128 Å². The van der Waals surface area contributed by atoms with Gasteiger partial charge in [-0.15, -0.1) is 0 Å². The molecule has 1 fully saturated rings. The number of rotatable bonds is 12. The molecule has 0 spiro atoms. The van der Waals surface area contributed by atoms with Gasteiger partial charge in [0.15, 0.2) is 11.7 Å². The Hall–Kier alpha value is -4.06. The van der Waals surface area contributed by atoms with Gasteiger partial charge in [-0.3, -0.25) is 14.6 Å². The van der Waals surface area contributed by atoms with Gasteiger partial charge in [0.05, 0.1) is 54.9 Å². The molecule has 76 heavy (non-hydrogen) atoms. The number of hydrogen-bond donors (Lipinski definition) is 13. The monoisotopic (exact) mass is 1080 g/mol. The summed E-state index contributed by atoms with van der Waals surface area (Å²) in [6.45, 7) is 13.0. The van der Waals surface area contributed by atoms with Crippen LogP contribution in [0, 0.1) is 29.6 Å². The van der Waals surface area contributed by atoms with Crippen LogP contribution in [0.2, 0.25) is 0 Å². The van der Waals surface area contributed by atoms with Crippen molar-refractivity contribution in [1.82, 2.24) is 5.32 Å². The van der Waals surface area contributed by atoms with Crippen LogP contribution in [0.15, 0.2) is 64.7 Å². The Kier molecular flexibility index (Phi) is 31.1. The number of carbonyl (C=O) groups excluding carboxylic acids is 2. The van der Waals surface area contributed by atoms with E-state index in [2.05, 4.69) is 22.5 Å². The highest BCUT2D eigenvalue weighted by atomic mass is 16.7. The highest BCUT2D eigenvalue weighted by Gasteiger charge is 2.50. The summed E-state index contributed by atoms with van der Waals surface area (Å²) in [7, 11) is 1.62. The number of esters is 2. The highest BCUT2D eigenvalue weighted by Crippen LogP contribution is 2.36. The van der Waals surface area contributed by atoms with Crippen molar-refractivity contribution in [1.29, 1.82) is 0 Å². The van der Waals surface area contributed by atoms with E-state index in [9.17, 15) is 70.6 Å². The smallest absolute Gasteiger partial charge is 0.334 e. The summed E-state index contributed by atoms with van der Waals surface area (Å²) in [6, 6.07) is 0. The van der Waals surface area contributed by atoms with Crippen LogP contribution in [0.5, 0.6) is 0 Å².